The molecular formula is C15H17N3O3. The maximum absolute atomic E-state index is 11.9. The highest BCUT2D eigenvalue weighted by molar-refractivity contribution is 6.05. The quantitative estimate of drug-likeness (QED) is 0.686. The van der Waals surface area contributed by atoms with Crippen LogP contribution in [0.5, 0.6) is 0 Å². The summed E-state index contributed by atoms with van der Waals surface area (Å²) >= 11 is 0. The van der Waals surface area contributed by atoms with Crippen molar-refractivity contribution in [3.05, 3.63) is 35.9 Å². The van der Waals surface area contributed by atoms with E-state index in [1.54, 1.807) is 0 Å². The molecule has 3 rings (SSSR count). The molecule has 0 spiro atoms. The number of amides is 4. The van der Waals surface area contributed by atoms with Gasteiger partial charge in [-0.15, -0.1) is 0 Å². The van der Waals surface area contributed by atoms with Crippen molar-refractivity contribution in [3.63, 3.8) is 0 Å². The SMILES string of the molecule is O=C(CC1NC(=O)NC1=O)NCC1(c2ccccc2)CC1. The van der Waals surface area contributed by atoms with Crippen LogP contribution >= 0.6 is 0 Å². The van der Waals surface area contributed by atoms with Crippen LogP contribution in [0.1, 0.15) is 24.8 Å². The summed E-state index contributed by atoms with van der Waals surface area (Å²) in [5.74, 6) is -0.668. The maximum Gasteiger partial charge on any atom is 0.322 e. The second-order valence-corrected chi connectivity index (χ2v) is 5.64. The minimum Gasteiger partial charge on any atom is -0.355 e. The highest BCUT2D eigenvalue weighted by atomic mass is 16.2. The van der Waals surface area contributed by atoms with E-state index in [-0.39, 0.29) is 17.7 Å². The fraction of sp³-hybridized carbons (Fsp3) is 0.400. The van der Waals surface area contributed by atoms with Gasteiger partial charge in [0.05, 0.1) is 6.42 Å². The van der Waals surface area contributed by atoms with Crippen LogP contribution < -0.4 is 16.0 Å². The van der Waals surface area contributed by atoms with Crippen molar-refractivity contribution in [2.45, 2.75) is 30.7 Å². The largest absolute Gasteiger partial charge is 0.355 e. The first-order chi connectivity index (χ1) is 10.1. The summed E-state index contributed by atoms with van der Waals surface area (Å²) in [6.07, 6.45) is 2.08. The van der Waals surface area contributed by atoms with Gasteiger partial charge in [0.15, 0.2) is 0 Å². The van der Waals surface area contributed by atoms with Crippen LogP contribution in [-0.4, -0.2) is 30.4 Å². The molecule has 0 bridgehead atoms. The van der Waals surface area contributed by atoms with Gasteiger partial charge < -0.3 is 10.6 Å². The Morgan fingerprint density at radius 2 is 1.95 bits per heavy atom. The molecule has 1 heterocycles. The molecule has 6 heteroatoms. The van der Waals surface area contributed by atoms with Crippen LogP contribution in [0.15, 0.2) is 30.3 Å². The van der Waals surface area contributed by atoms with Crippen molar-refractivity contribution >= 4 is 17.8 Å². The van der Waals surface area contributed by atoms with Gasteiger partial charge in [-0.1, -0.05) is 30.3 Å². The highest BCUT2D eigenvalue weighted by Crippen LogP contribution is 2.47. The van der Waals surface area contributed by atoms with Gasteiger partial charge in [0.2, 0.25) is 5.91 Å². The zero-order valence-electron chi connectivity index (χ0n) is 11.5. The average molecular weight is 287 g/mol. The van der Waals surface area contributed by atoms with E-state index in [4.69, 9.17) is 0 Å². The Morgan fingerprint density at radius 1 is 1.24 bits per heavy atom. The zero-order chi connectivity index (χ0) is 14.9. The Balaban J connectivity index is 1.53. The maximum atomic E-state index is 11.9. The fourth-order valence-electron chi connectivity index (χ4n) is 2.64. The number of carbonyl (C=O) groups is 3. The third kappa shape index (κ3) is 2.89. The second kappa shape index (κ2) is 5.20. The van der Waals surface area contributed by atoms with Crippen LogP contribution in [-0.2, 0) is 15.0 Å². The zero-order valence-corrected chi connectivity index (χ0v) is 11.5. The summed E-state index contributed by atoms with van der Waals surface area (Å²) < 4.78 is 0. The van der Waals surface area contributed by atoms with Crippen LogP contribution in [0.2, 0.25) is 0 Å². The molecule has 1 aromatic carbocycles. The average Bonchev–Trinajstić information content (AvgIpc) is 3.20. The van der Waals surface area contributed by atoms with Gasteiger partial charge in [0.1, 0.15) is 6.04 Å². The minimum absolute atomic E-state index is 0.0254. The van der Waals surface area contributed by atoms with Gasteiger partial charge in [-0.2, -0.15) is 0 Å². The van der Waals surface area contributed by atoms with E-state index in [0.29, 0.717) is 6.54 Å². The minimum atomic E-state index is -0.760. The van der Waals surface area contributed by atoms with Gasteiger partial charge in [-0.25, -0.2) is 4.79 Å². The van der Waals surface area contributed by atoms with Crippen LogP contribution in [0.4, 0.5) is 4.79 Å². The number of nitrogens with one attached hydrogen (secondary N) is 3. The lowest BCUT2D eigenvalue weighted by Gasteiger charge is -2.17. The molecule has 1 aromatic rings. The second-order valence-electron chi connectivity index (χ2n) is 5.64. The van der Waals surface area contributed by atoms with Crippen molar-refractivity contribution in [3.8, 4) is 0 Å². The number of carbonyl (C=O) groups excluding carboxylic acids is 3. The van der Waals surface area contributed by atoms with E-state index < -0.39 is 18.0 Å². The molecule has 1 unspecified atom stereocenters. The molecule has 1 atom stereocenters. The number of benzene rings is 1. The molecule has 1 saturated heterocycles. The van der Waals surface area contributed by atoms with Crippen LogP contribution in [0.25, 0.3) is 0 Å². The molecule has 4 amide bonds. The standard InChI is InChI=1S/C15H17N3O3/c19-12(8-11-13(20)18-14(21)17-11)16-9-15(6-7-15)10-4-2-1-3-5-10/h1-5,11H,6-9H2,(H,16,19)(H2,17,18,20,21). The first-order valence-corrected chi connectivity index (χ1v) is 7.03. The topological polar surface area (TPSA) is 87.3 Å². The third-order valence-corrected chi connectivity index (χ3v) is 4.11. The predicted molar refractivity (Wildman–Crippen MR) is 75.4 cm³/mol. The molecule has 0 radical (unpaired) electrons. The molecular weight excluding hydrogens is 270 g/mol. The normalized spacial score (nSPS) is 22.4. The third-order valence-electron chi connectivity index (χ3n) is 4.11. The molecule has 2 aliphatic rings. The van der Waals surface area contributed by atoms with Gasteiger partial charge in [-0.3, -0.25) is 14.9 Å². The Hall–Kier alpha value is -2.37. The highest BCUT2D eigenvalue weighted by Gasteiger charge is 2.44. The molecule has 6 nitrogen and oxygen atoms in total. The first kappa shape index (κ1) is 13.6. The number of urea groups is 1. The van der Waals surface area contributed by atoms with Crippen LogP contribution in [0, 0.1) is 0 Å². The van der Waals surface area contributed by atoms with Crippen molar-refractivity contribution in [2.24, 2.45) is 0 Å². The lowest BCUT2D eigenvalue weighted by molar-refractivity contribution is -0.126. The summed E-state index contributed by atoms with van der Waals surface area (Å²) in [5, 5.41) is 7.41. The van der Waals surface area contributed by atoms with E-state index in [1.807, 2.05) is 18.2 Å². The molecule has 1 aliphatic heterocycles. The Morgan fingerprint density at radius 3 is 2.52 bits per heavy atom. The number of imide groups is 1. The summed E-state index contributed by atoms with van der Waals surface area (Å²) in [4.78, 5) is 34.3. The van der Waals surface area contributed by atoms with E-state index >= 15 is 0 Å². The first-order valence-electron chi connectivity index (χ1n) is 7.03. The lowest BCUT2D eigenvalue weighted by Crippen LogP contribution is -2.38. The van der Waals surface area contributed by atoms with E-state index in [0.717, 1.165) is 12.8 Å². The van der Waals surface area contributed by atoms with Gasteiger partial charge in [-0.05, 0) is 18.4 Å². The van der Waals surface area contributed by atoms with Crippen molar-refractivity contribution in [1.82, 2.24) is 16.0 Å². The van der Waals surface area contributed by atoms with E-state index in [1.165, 1.54) is 5.56 Å². The fourth-order valence-corrected chi connectivity index (χ4v) is 2.64. The summed E-state index contributed by atoms with van der Waals surface area (Å²) in [7, 11) is 0. The van der Waals surface area contributed by atoms with E-state index in [2.05, 4.69) is 28.1 Å². The molecule has 21 heavy (non-hydrogen) atoms. The van der Waals surface area contributed by atoms with Gasteiger partial charge in [0.25, 0.3) is 5.91 Å². The van der Waals surface area contributed by atoms with Gasteiger partial charge in [0, 0.05) is 12.0 Å². The Kier molecular flexibility index (Phi) is 3.37. The summed E-state index contributed by atoms with van der Waals surface area (Å²) in [6.45, 7) is 0.568. The smallest absolute Gasteiger partial charge is 0.322 e. The molecule has 1 saturated carbocycles. The monoisotopic (exact) mass is 287 g/mol. The number of hydrogen-bond donors (Lipinski definition) is 3. The van der Waals surface area contributed by atoms with Crippen molar-refractivity contribution in [2.75, 3.05) is 6.54 Å². The molecule has 0 aromatic heterocycles. The van der Waals surface area contributed by atoms with Gasteiger partial charge >= 0.3 is 6.03 Å². The Labute approximate surface area is 122 Å². The lowest BCUT2D eigenvalue weighted by atomic mass is 9.96. The molecule has 1 aliphatic carbocycles. The Bertz CT molecular complexity index is 581. The van der Waals surface area contributed by atoms with Crippen molar-refractivity contribution in [1.29, 1.82) is 0 Å². The summed E-state index contributed by atoms with van der Waals surface area (Å²) in [6, 6.07) is 8.81. The summed E-state index contributed by atoms with van der Waals surface area (Å²) in [5.41, 5.74) is 1.27. The molecule has 3 N–H and O–H groups in total. The number of rotatable bonds is 5. The number of hydrogen-bond acceptors (Lipinski definition) is 3. The predicted octanol–water partition coefficient (Wildman–Crippen LogP) is 0.433. The molecule has 110 valence electrons. The van der Waals surface area contributed by atoms with E-state index in [9.17, 15) is 14.4 Å². The molecule has 2 fully saturated rings. The van der Waals surface area contributed by atoms with Crippen molar-refractivity contribution < 1.29 is 14.4 Å². The van der Waals surface area contributed by atoms with Crippen LogP contribution in [0.3, 0.4) is 0 Å².